The third-order valence-corrected chi connectivity index (χ3v) is 1.98. The Morgan fingerprint density at radius 1 is 1.40 bits per heavy atom. The first-order chi connectivity index (χ1) is 4.38. The first kappa shape index (κ1) is 7.65. The minimum absolute atomic E-state index is 0.0278. The third-order valence-electron chi connectivity index (χ3n) is 1.98. The molecule has 1 rings (SSSR count). The van der Waals surface area contributed by atoms with Gasteiger partial charge in [0.25, 0.3) is 5.79 Å². The molecule has 0 spiro atoms. The van der Waals surface area contributed by atoms with E-state index in [1.165, 1.54) is 6.92 Å². The van der Waals surface area contributed by atoms with Gasteiger partial charge in [0.1, 0.15) is 5.60 Å². The van der Waals surface area contributed by atoms with Crippen molar-refractivity contribution in [3.05, 3.63) is 0 Å². The molecule has 0 amide bonds. The average Bonchev–Trinajstić information content (AvgIpc) is 1.94. The van der Waals surface area contributed by atoms with Gasteiger partial charge in [0.05, 0.1) is 0 Å². The van der Waals surface area contributed by atoms with Crippen molar-refractivity contribution in [1.29, 1.82) is 0 Å². The fourth-order valence-corrected chi connectivity index (χ4v) is 1.01. The zero-order chi connectivity index (χ0) is 7.99. The van der Waals surface area contributed by atoms with Gasteiger partial charge in [-0.25, -0.2) is 0 Å². The van der Waals surface area contributed by atoms with E-state index in [9.17, 15) is 9.90 Å². The number of hydrogen-bond acceptors (Lipinski definition) is 4. The van der Waals surface area contributed by atoms with Crippen LogP contribution in [0.5, 0.6) is 0 Å². The summed E-state index contributed by atoms with van der Waals surface area (Å²) in [4.78, 5) is 10.7. The van der Waals surface area contributed by atoms with Crippen LogP contribution >= 0.6 is 0 Å². The highest BCUT2D eigenvalue weighted by Gasteiger charge is 2.55. The van der Waals surface area contributed by atoms with E-state index < -0.39 is 17.2 Å². The van der Waals surface area contributed by atoms with Crippen molar-refractivity contribution in [2.24, 2.45) is 0 Å². The van der Waals surface area contributed by atoms with Crippen molar-refractivity contribution in [2.75, 3.05) is 0 Å². The molecular weight excluding hydrogens is 136 g/mol. The maximum Gasteiger partial charge on any atom is 0.253 e. The van der Waals surface area contributed by atoms with Crippen molar-refractivity contribution in [3.63, 3.8) is 0 Å². The van der Waals surface area contributed by atoms with Gasteiger partial charge in [0.2, 0.25) is 0 Å². The number of carbonyl (C=O) groups is 1. The van der Waals surface area contributed by atoms with E-state index in [1.807, 2.05) is 0 Å². The Morgan fingerprint density at radius 3 is 2.00 bits per heavy atom. The Labute approximate surface area is 58.1 Å². The molecule has 58 valence electrons. The molecule has 4 heteroatoms. The van der Waals surface area contributed by atoms with E-state index in [1.54, 1.807) is 0 Å². The molecule has 1 aliphatic rings. The lowest BCUT2D eigenvalue weighted by Crippen LogP contribution is -2.51. The van der Waals surface area contributed by atoms with E-state index in [4.69, 9.17) is 10.2 Å². The van der Waals surface area contributed by atoms with Crippen LogP contribution in [0.25, 0.3) is 0 Å². The molecule has 0 heterocycles. The Morgan fingerprint density at radius 2 is 1.90 bits per heavy atom. The standard InChI is InChI=1S/C6H10O4/c1-5(8)3-2-4(7)6(5,9)10/h8-10H,2-3H2,1H3/t5-/m0/s1. The monoisotopic (exact) mass is 146 g/mol. The van der Waals surface area contributed by atoms with Crippen LogP contribution in [0.2, 0.25) is 0 Å². The van der Waals surface area contributed by atoms with Crippen LogP contribution < -0.4 is 0 Å². The van der Waals surface area contributed by atoms with Crippen molar-refractivity contribution >= 4 is 5.78 Å². The van der Waals surface area contributed by atoms with Gasteiger partial charge < -0.3 is 15.3 Å². The Bertz CT molecular complexity index is 171. The molecule has 3 N–H and O–H groups in total. The summed E-state index contributed by atoms with van der Waals surface area (Å²) in [7, 11) is 0. The number of hydrogen-bond donors (Lipinski definition) is 3. The maximum absolute atomic E-state index is 10.7. The van der Waals surface area contributed by atoms with E-state index >= 15 is 0 Å². The summed E-state index contributed by atoms with van der Waals surface area (Å²) < 4.78 is 0. The lowest BCUT2D eigenvalue weighted by molar-refractivity contribution is -0.238. The summed E-state index contributed by atoms with van der Waals surface area (Å²) in [5, 5.41) is 27.1. The molecule has 0 aromatic heterocycles. The fraction of sp³-hybridized carbons (Fsp3) is 0.833. The highest BCUT2D eigenvalue weighted by molar-refractivity contribution is 5.89. The molecule has 4 nitrogen and oxygen atoms in total. The van der Waals surface area contributed by atoms with Gasteiger partial charge in [-0.05, 0) is 13.3 Å². The normalized spacial score (nSPS) is 38.6. The van der Waals surface area contributed by atoms with E-state index in [-0.39, 0.29) is 12.8 Å². The molecular formula is C6H10O4. The van der Waals surface area contributed by atoms with Crippen LogP contribution in [-0.4, -0.2) is 32.5 Å². The number of rotatable bonds is 0. The third kappa shape index (κ3) is 0.767. The quantitative estimate of drug-likeness (QED) is 0.374. The van der Waals surface area contributed by atoms with Gasteiger partial charge in [0, 0.05) is 6.42 Å². The minimum atomic E-state index is -2.53. The SMILES string of the molecule is C[C@]1(O)CCC(=O)C1(O)O. The van der Waals surface area contributed by atoms with Gasteiger partial charge in [-0.2, -0.15) is 0 Å². The average molecular weight is 146 g/mol. The van der Waals surface area contributed by atoms with Crippen LogP contribution in [0.3, 0.4) is 0 Å². The molecule has 0 aromatic rings. The second kappa shape index (κ2) is 1.78. The van der Waals surface area contributed by atoms with Crippen molar-refractivity contribution in [1.82, 2.24) is 0 Å². The van der Waals surface area contributed by atoms with E-state index in [0.717, 1.165) is 0 Å². The summed E-state index contributed by atoms with van der Waals surface area (Å²) in [5.74, 6) is -3.25. The fourth-order valence-electron chi connectivity index (χ4n) is 1.01. The highest BCUT2D eigenvalue weighted by Crippen LogP contribution is 2.33. The van der Waals surface area contributed by atoms with E-state index in [2.05, 4.69) is 0 Å². The zero-order valence-electron chi connectivity index (χ0n) is 5.66. The largest absolute Gasteiger partial charge is 0.384 e. The number of aliphatic hydroxyl groups is 3. The van der Waals surface area contributed by atoms with Crippen LogP contribution in [0.1, 0.15) is 19.8 Å². The van der Waals surface area contributed by atoms with Gasteiger partial charge in [-0.1, -0.05) is 0 Å². The van der Waals surface area contributed by atoms with E-state index in [0.29, 0.717) is 0 Å². The lowest BCUT2D eigenvalue weighted by atomic mass is 9.99. The summed E-state index contributed by atoms with van der Waals surface area (Å²) in [6, 6.07) is 0. The van der Waals surface area contributed by atoms with Crippen LogP contribution in [0, 0.1) is 0 Å². The summed E-state index contributed by atoms with van der Waals surface area (Å²) in [5.41, 5.74) is -1.68. The first-order valence-corrected chi connectivity index (χ1v) is 3.08. The molecule has 0 aromatic carbocycles. The summed E-state index contributed by atoms with van der Waals surface area (Å²) >= 11 is 0. The molecule has 1 saturated carbocycles. The van der Waals surface area contributed by atoms with Gasteiger partial charge >= 0.3 is 0 Å². The van der Waals surface area contributed by atoms with Gasteiger partial charge in [0.15, 0.2) is 5.78 Å². The molecule has 0 radical (unpaired) electrons. The molecule has 0 bridgehead atoms. The number of Topliss-reactive ketones (excluding diaryl/α,β-unsaturated/α-hetero) is 1. The predicted octanol–water partition coefficient (Wildman–Crippen LogP) is -1.22. The second-order valence-electron chi connectivity index (χ2n) is 2.87. The van der Waals surface area contributed by atoms with Crippen molar-refractivity contribution in [3.8, 4) is 0 Å². The molecule has 1 aliphatic carbocycles. The van der Waals surface area contributed by atoms with Crippen molar-refractivity contribution < 1.29 is 20.1 Å². The Hall–Kier alpha value is -0.450. The molecule has 0 unspecified atom stereocenters. The number of carbonyl (C=O) groups excluding carboxylic acids is 1. The van der Waals surface area contributed by atoms with Gasteiger partial charge in [-0.15, -0.1) is 0 Å². The topological polar surface area (TPSA) is 77.8 Å². The predicted molar refractivity (Wildman–Crippen MR) is 32.0 cm³/mol. The second-order valence-corrected chi connectivity index (χ2v) is 2.87. The molecule has 1 atom stereocenters. The number of ketones is 1. The van der Waals surface area contributed by atoms with Crippen LogP contribution in [0.4, 0.5) is 0 Å². The smallest absolute Gasteiger partial charge is 0.253 e. The maximum atomic E-state index is 10.7. The Balaban J connectivity index is 2.95. The molecule has 0 saturated heterocycles. The van der Waals surface area contributed by atoms with Crippen LogP contribution in [0.15, 0.2) is 0 Å². The highest BCUT2D eigenvalue weighted by atomic mass is 16.5. The van der Waals surface area contributed by atoms with Crippen LogP contribution in [-0.2, 0) is 4.79 Å². The van der Waals surface area contributed by atoms with Crippen molar-refractivity contribution in [2.45, 2.75) is 31.2 Å². The Kier molecular flexibility index (Phi) is 1.36. The minimum Gasteiger partial charge on any atom is -0.384 e. The lowest BCUT2D eigenvalue weighted by Gasteiger charge is -2.27. The molecule has 1 fully saturated rings. The molecule has 10 heavy (non-hydrogen) atoms. The molecule has 0 aliphatic heterocycles. The summed E-state index contributed by atoms with van der Waals surface area (Å²) in [6.45, 7) is 1.23. The zero-order valence-corrected chi connectivity index (χ0v) is 5.66. The summed E-state index contributed by atoms with van der Waals surface area (Å²) in [6.07, 6.45) is 0.138. The van der Waals surface area contributed by atoms with Gasteiger partial charge in [-0.3, -0.25) is 4.79 Å². The first-order valence-electron chi connectivity index (χ1n) is 3.08.